The lowest BCUT2D eigenvalue weighted by atomic mass is 10.1. The molecular weight excluding hydrogens is 302 g/mol. The Labute approximate surface area is 132 Å². The van der Waals surface area contributed by atoms with Crippen LogP contribution in [-0.4, -0.2) is 33.5 Å². The molecule has 0 aliphatic carbocycles. The van der Waals surface area contributed by atoms with E-state index in [-0.39, 0.29) is 10.8 Å². The van der Waals surface area contributed by atoms with E-state index in [4.69, 9.17) is 5.73 Å². The largest absolute Gasteiger partial charge is 0.355 e. The van der Waals surface area contributed by atoms with Crippen molar-refractivity contribution < 1.29 is 13.2 Å². The molecule has 0 aliphatic rings. The molecule has 0 fully saturated rings. The first kappa shape index (κ1) is 18.6. The van der Waals surface area contributed by atoms with Crippen LogP contribution in [0.5, 0.6) is 0 Å². The Morgan fingerprint density at radius 3 is 2.45 bits per heavy atom. The van der Waals surface area contributed by atoms with Crippen LogP contribution in [0, 0.1) is 6.92 Å². The number of sulfonamides is 1. The van der Waals surface area contributed by atoms with Crippen LogP contribution >= 0.6 is 0 Å². The summed E-state index contributed by atoms with van der Waals surface area (Å²) in [5.74, 6) is -0.164. The van der Waals surface area contributed by atoms with E-state index < -0.39 is 16.1 Å². The van der Waals surface area contributed by atoms with Crippen molar-refractivity contribution in [1.82, 2.24) is 10.0 Å². The predicted molar refractivity (Wildman–Crippen MR) is 86.9 cm³/mol. The van der Waals surface area contributed by atoms with Gasteiger partial charge in [0.05, 0.1) is 10.9 Å². The van der Waals surface area contributed by atoms with Crippen molar-refractivity contribution in [2.45, 2.75) is 44.0 Å². The van der Waals surface area contributed by atoms with Gasteiger partial charge in [-0.3, -0.25) is 4.79 Å². The molecule has 0 bridgehead atoms. The van der Waals surface area contributed by atoms with Gasteiger partial charge in [0.2, 0.25) is 15.9 Å². The topological polar surface area (TPSA) is 101 Å². The highest BCUT2D eigenvalue weighted by atomic mass is 32.2. The van der Waals surface area contributed by atoms with Crippen molar-refractivity contribution in [2.75, 3.05) is 13.1 Å². The number of nitrogens with two attached hydrogens (primary N) is 1. The number of carbonyl (C=O) groups is 1. The standard InChI is InChI=1S/C15H25N3O3S/c1-3-17-15(19)14(16)6-4-5-11-18-22(20,21)13-9-7-12(2)8-10-13/h7-10,14,18H,3-6,11,16H2,1-2H3,(H,17,19). The van der Waals surface area contributed by atoms with Crippen LogP contribution in [0.15, 0.2) is 29.2 Å². The SMILES string of the molecule is CCNC(=O)C(N)CCCCNS(=O)(=O)c1ccc(C)cc1. The number of unbranched alkanes of at least 4 members (excludes halogenated alkanes) is 1. The smallest absolute Gasteiger partial charge is 0.240 e. The maximum Gasteiger partial charge on any atom is 0.240 e. The van der Waals surface area contributed by atoms with Crippen LogP contribution in [0.2, 0.25) is 0 Å². The normalized spacial score (nSPS) is 12.9. The van der Waals surface area contributed by atoms with Gasteiger partial charge in [0.1, 0.15) is 0 Å². The second kappa shape index (κ2) is 8.87. The summed E-state index contributed by atoms with van der Waals surface area (Å²) in [6.07, 6.45) is 1.87. The Morgan fingerprint density at radius 2 is 1.86 bits per heavy atom. The van der Waals surface area contributed by atoms with E-state index >= 15 is 0 Å². The van der Waals surface area contributed by atoms with Crippen LogP contribution in [0.25, 0.3) is 0 Å². The van der Waals surface area contributed by atoms with Gasteiger partial charge in [0.25, 0.3) is 0 Å². The average molecular weight is 327 g/mol. The summed E-state index contributed by atoms with van der Waals surface area (Å²) in [5.41, 5.74) is 6.74. The lowest BCUT2D eigenvalue weighted by Crippen LogP contribution is -2.40. The third kappa shape index (κ3) is 6.13. The number of rotatable bonds is 9. The van der Waals surface area contributed by atoms with Crippen LogP contribution in [-0.2, 0) is 14.8 Å². The number of carbonyl (C=O) groups excluding carboxylic acids is 1. The molecule has 1 rings (SSSR count). The van der Waals surface area contributed by atoms with Gasteiger partial charge in [-0.15, -0.1) is 0 Å². The minimum Gasteiger partial charge on any atom is -0.355 e. The predicted octanol–water partition coefficient (Wildman–Crippen LogP) is 0.907. The maximum absolute atomic E-state index is 12.0. The molecule has 1 aromatic carbocycles. The van der Waals surface area contributed by atoms with E-state index in [0.717, 1.165) is 5.56 Å². The third-order valence-electron chi connectivity index (χ3n) is 3.25. The summed E-state index contributed by atoms with van der Waals surface area (Å²) in [6, 6.07) is 6.17. The first-order chi connectivity index (χ1) is 10.4. The Morgan fingerprint density at radius 1 is 1.23 bits per heavy atom. The summed E-state index contributed by atoms with van der Waals surface area (Å²) in [5, 5.41) is 2.66. The molecule has 0 heterocycles. The molecule has 0 radical (unpaired) electrons. The minimum atomic E-state index is -3.46. The van der Waals surface area contributed by atoms with Gasteiger partial charge in [-0.05, 0) is 38.8 Å². The summed E-state index contributed by atoms with van der Waals surface area (Å²) in [7, 11) is -3.46. The van der Waals surface area contributed by atoms with Crippen LogP contribution in [0.1, 0.15) is 31.7 Å². The van der Waals surface area contributed by atoms with Crippen LogP contribution < -0.4 is 15.8 Å². The molecule has 1 aromatic rings. The van der Waals surface area contributed by atoms with E-state index in [2.05, 4.69) is 10.0 Å². The second-order valence-corrected chi connectivity index (χ2v) is 6.97. The number of benzene rings is 1. The van der Waals surface area contributed by atoms with Gasteiger partial charge in [-0.25, -0.2) is 13.1 Å². The molecule has 1 amide bonds. The van der Waals surface area contributed by atoms with E-state index in [9.17, 15) is 13.2 Å². The lowest BCUT2D eigenvalue weighted by molar-refractivity contribution is -0.122. The zero-order valence-electron chi connectivity index (χ0n) is 13.1. The van der Waals surface area contributed by atoms with Gasteiger partial charge in [0.15, 0.2) is 0 Å². The summed E-state index contributed by atoms with van der Waals surface area (Å²) in [4.78, 5) is 11.7. The Kier molecular flexibility index (Phi) is 7.50. The molecule has 0 spiro atoms. The maximum atomic E-state index is 12.0. The lowest BCUT2D eigenvalue weighted by Gasteiger charge is -2.11. The van der Waals surface area contributed by atoms with Crippen LogP contribution in [0.3, 0.4) is 0 Å². The molecule has 0 saturated heterocycles. The molecule has 124 valence electrons. The zero-order valence-corrected chi connectivity index (χ0v) is 13.9. The Bertz CT molecular complexity index is 570. The van der Waals surface area contributed by atoms with Gasteiger partial charge >= 0.3 is 0 Å². The van der Waals surface area contributed by atoms with Gasteiger partial charge in [-0.1, -0.05) is 24.1 Å². The van der Waals surface area contributed by atoms with E-state index in [1.165, 1.54) is 0 Å². The number of hydrogen-bond acceptors (Lipinski definition) is 4. The fraction of sp³-hybridized carbons (Fsp3) is 0.533. The van der Waals surface area contributed by atoms with Crippen molar-refractivity contribution in [3.05, 3.63) is 29.8 Å². The summed E-state index contributed by atoms with van der Waals surface area (Å²) < 4.78 is 26.6. The molecule has 0 saturated carbocycles. The molecule has 0 aromatic heterocycles. The molecule has 7 heteroatoms. The number of aryl methyl sites for hydroxylation is 1. The monoisotopic (exact) mass is 327 g/mol. The number of hydrogen-bond donors (Lipinski definition) is 3. The molecular formula is C15H25N3O3S. The molecule has 0 aliphatic heterocycles. The first-order valence-corrected chi connectivity index (χ1v) is 8.94. The first-order valence-electron chi connectivity index (χ1n) is 7.46. The second-order valence-electron chi connectivity index (χ2n) is 5.21. The quantitative estimate of drug-likeness (QED) is 0.587. The number of amides is 1. The number of likely N-dealkylation sites (N-methyl/N-ethyl adjacent to an activating group) is 1. The highest BCUT2D eigenvalue weighted by Crippen LogP contribution is 2.10. The average Bonchev–Trinajstić information content (AvgIpc) is 2.47. The van der Waals surface area contributed by atoms with Crippen LogP contribution in [0.4, 0.5) is 0 Å². The molecule has 6 nitrogen and oxygen atoms in total. The summed E-state index contributed by atoms with van der Waals surface area (Å²) >= 11 is 0. The summed E-state index contributed by atoms with van der Waals surface area (Å²) in [6.45, 7) is 4.63. The van der Waals surface area contributed by atoms with E-state index in [0.29, 0.717) is 32.4 Å². The van der Waals surface area contributed by atoms with Gasteiger partial charge in [0, 0.05) is 13.1 Å². The van der Waals surface area contributed by atoms with Gasteiger partial charge in [-0.2, -0.15) is 0 Å². The van der Waals surface area contributed by atoms with Crippen molar-refractivity contribution in [3.8, 4) is 0 Å². The molecule has 22 heavy (non-hydrogen) atoms. The zero-order chi connectivity index (χ0) is 16.6. The van der Waals surface area contributed by atoms with Gasteiger partial charge < -0.3 is 11.1 Å². The van der Waals surface area contributed by atoms with Crippen molar-refractivity contribution in [1.29, 1.82) is 0 Å². The minimum absolute atomic E-state index is 0.164. The number of nitrogens with one attached hydrogen (secondary N) is 2. The fourth-order valence-corrected chi connectivity index (χ4v) is 3.01. The van der Waals surface area contributed by atoms with Crippen molar-refractivity contribution >= 4 is 15.9 Å². The van der Waals surface area contributed by atoms with E-state index in [1.54, 1.807) is 24.3 Å². The molecule has 4 N–H and O–H groups in total. The van der Waals surface area contributed by atoms with Crippen molar-refractivity contribution in [3.63, 3.8) is 0 Å². The Balaban J connectivity index is 2.32. The van der Waals surface area contributed by atoms with E-state index in [1.807, 2.05) is 13.8 Å². The highest BCUT2D eigenvalue weighted by Gasteiger charge is 2.14. The fourth-order valence-electron chi connectivity index (χ4n) is 1.93. The van der Waals surface area contributed by atoms with Crippen molar-refractivity contribution in [2.24, 2.45) is 5.73 Å². The highest BCUT2D eigenvalue weighted by molar-refractivity contribution is 7.89. The Hall–Kier alpha value is -1.44. The molecule has 1 atom stereocenters. The molecule has 1 unspecified atom stereocenters. The third-order valence-corrected chi connectivity index (χ3v) is 4.73.